The summed E-state index contributed by atoms with van der Waals surface area (Å²) in [6.45, 7) is 17.5. The Morgan fingerprint density at radius 1 is 1.00 bits per heavy atom. The fraction of sp³-hybridized carbons (Fsp3) is 0.375. The maximum absolute atomic E-state index is 3.44. The van der Waals surface area contributed by atoms with Crippen LogP contribution in [-0.2, 0) is 19.5 Å². The molecular weight excluding hydrogens is 293 g/mol. The van der Waals surface area contributed by atoms with Gasteiger partial charge in [0.2, 0.25) is 0 Å². The topological polar surface area (TPSA) is 0 Å². The standard InChI is InChI=1S/C8H11.2C4H7.Ru/c1-2-4-6-8-7-5-3-1;2*1-4(2)3;/h1-2,7H,3-6H2;2*1-2H2,3H3;/q3*-1;+3. The Morgan fingerprint density at radius 2 is 1.41 bits per heavy atom. The molecule has 97 valence electrons. The zero-order valence-corrected chi connectivity index (χ0v) is 13.0. The van der Waals surface area contributed by atoms with Crippen LogP contribution in [0.3, 0.4) is 0 Å². The van der Waals surface area contributed by atoms with Crippen molar-refractivity contribution in [1.29, 1.82) is 0 Å². The molecule has 0 unspecified atom stereocenters. The van der Waals surface area contributed by atoms with Crippen molar-refractivity contribution in [2.45, 2.75) is 39.5 Å². The molecule has 0 fully saturated rings. The molecule has 0 aliphatic heterocycles. The molecule has 1 aliphatic carbocycles. The van der Waals surface area contributed by atoms with E-state index in [2.05, 4.69) is 51.3 Å². The molecule has 0 saturated heterocycles. The van der Waals surface area contributed by atoms with Crippen molar-refractivity contribution in [3.05, 3.63) is 62.5 Å². The van der Waals surface area contributed by atoms with Gasteiger partial charge in [-0.25, -0.2) is 38.2 Å². The van der Waals surface area contributed by atoms with Gasteiger partial charge in [-0.2, -0.15) is 6.42 Å². The third-order valence-electron chi connectivity index (χ3n) is 1.24. The Balaban J connectivity index is -0.000000189. The number of hydrogen-bond donors (Lipinski definition) is 0. The van der Waals surface area contributed by atoms with Crippen molar-refractivity contribution in [2.75, 3.05) is 0 Å². The van der Waals surface area contributed by atoms with E-state index >= 15 is 0 Å². The second-order valence-corrected chi connectivity index (χ2v) is 3.91. The van der Waals surface area contributed by atoms with Gasteiger partial charge in [0.25, 0.3) is 0 Å². The van der Waals surface area contributed by atoms with E-state index in [0.29, 0.717) is 0 Å². The third-order valence-corrected chi connectivity index (χ3v) is 1.24. The molecule has 0 spiro atoms. The van der Waals surface area contributed by atoms with Gasteiger partial charge in [-0.3, -0.25) is 6.08 Å². The van der Waals surface area contributed by atoms with Crippen LogP contribution in [0.1, 0.15) is 39.5 Å². The number of allylic oxidation sites excluding steroid dienone is 6. The normalized spacial score (nSPS) is 12.4. The molecule has 1 radical (unpaired) electrons. The largest absolute Gasteiger partial charge is 3.00 e. The van der Waals surface area contributed by atoms with E-state index in [4.69, 9.17) is 0 Å². The average molecular weight is 318 g/mol. The second kappa shape index (κ2) is 17.7. The van der Waals surface area contributed by atoms with Crippen molar-refractivity contribution in [2.24, 2.45) is 0 Å². The summed E-state index contributed by atoms with van der Waals surface area (Å²) in [6, 6.07) is 0. The van der Waals surface area contributed by atoms with Gasteiger partial charge in [0.05, 0.1) is 0 Å². The molecule has 0 aromatic heterocycles. The van der Waals surface area contributed by atoms with Crippen molar-refractivity contribution in [3.63, 3.8) is 0 Å². The van der Waals surface area contributed by atoms with Gasteiger partial charge < -0.3 is 6.08 Å². The van der Waals surface area contributed by atoms with E-state index in [1.165, 1.54) is 19.3 Å². The Labute approximate surface area is 121 Å². The first-order valence-electron chi connectivity index (χ1n) is 5.61. The summed E-state index contributed by atoms with van der Waals surface area (Å²) in [7, 11) is 0. The number of hydrogen-bond acceptors (Lipinski definition) is 0. The Kier molecular flexibility index (Phi) is 22.5. The van der Waals surface area contributed by atoms with Gasteiger partial charge >= 0.3 is 19.5 Å². The molecule has 0 atom stereocenters. The summed E-state index contributed by atoms with van der Waals surface area (Å²) >= 11 is 0. The predicted octanol–water partition coefficient (Wildman–Crippen LogP) is 5.27. The first-order chi connectivity index (χ1) is 7.46. The summed E-state index contributed by atoms with van der Waals surface area (Å²) in [5.41, 5.74) is 1.83. The summed E-state index contributed by atoms with van der Waals surface area (Å²) in [5, 5.41) is 0. The van der Waals surface area contributed by atoms with Crippen LogP contribution >= 0.6 is 0 Å². The molecule has 0 aromatic rings. The first-order valence-corrected chi connectivity index (χ1v) is 5.61. The zero-order chi connectivity index (χ0) is 12.8. The maximum Gasteiger partial charge on any atom is 3.00 e. The van der Waals surface area contributed by atoms with E-state index in [0.717, 1.165) is 17.6 Å². The fourth-order valence-corrected chi connectivity index (χ4v) is 0.786. The molecule has 0 bridgehead atoms. The van der Waals surface area contributed by atoms with Crippen LogP contribution in [-0.4, -0.2) is 0 Å². The minimum Gasteiger partial charge on any atom is -0.500 e. The maximum atomic E-state index is 3.44. The zero-order valence-electron chi connectivity index (χ0n) is 11.2. The van der Waals surface area contributed by atoms with E-state index in [9.17, 15) is 0 Å². The Hall–Kier alpha value is -0.677. The molecule has 1 rings (SSSR count). The van der Waals surface area contributed by atoms with Crippen LogP contribution in [0.5, 0.6) is 0 Å². The van der Waals surface area contributed by atoms with E-state index in [1.54, 1.807) is 0 Å². The third kappa shape index (κ3) is 50.7. The van der Waals surface area contributed by atoms with Gasteiger partial charge in [0.15, 0.2) is 0 Å². The molecule has 0 aromatic carbocycles. The minimum absolute atomic E-state index is 0. The molecule has 0 N–H and O–H groups in total. The summed E-state index contributed by atoms with van der Waals surface area (Å²) in [4.78, 5) is 0. The molecule has 1 heteroatoms. The molecule has 17 heavy (non-hydrogen) atoms. The first kappa shape index (κ1) is 21.6. The molecule has 0 heterocycles. The summed E-state index contributed by atoms with van der Waals surface area (Å²) in [6.07, 6.45) is 14.5. The van der Waals surface area contributed by atoms with Gasteiger partial charge in [0.1, 0.15) is 0 Å². The van der Waals surface area contributed by atoms with E-state index < -0.39 is 0 Å². The summed E-state index contributed by atoms with van der Waals surface area (Å²) in [5.74, 6) is 0. The van der Waals surface area contributed by atoms with Crippen LogP contribution in [0.4, 0.5) is 0 Å². The van der Waals surface area contributed by atoms with Crippen LogP contribution in [0.25, 0.3) is 0 Å². The van der Waals surface area contributed by atoms with Crippen molar-refractivity contribution < 1.29 is 19.5 Å². The monoisotopic (exact) mass is 319 g/mol. The Morgan fingerprint density at radius 3 is 1.88 bits per heavy atom. The quantitative estimate of drug-likeness (QED) is 0.324. The van der Waals surface area contributed by atoms with Crippen LogP contribution < -0.4 is 0 Å². The number of rotatable bonds is 0. The van der Waals surface area contributed by atoms with Crippen LogP contribution in [0.2, 0.25) is 0 Å². The molecular formula is C16H25Ru. The summed E-state index contributed by atoms with van der Waals surface area (Å²) < 4.78 is 0. The average Bonchev–Trinajstić information content (AvgIpc) is 1.98. The Bertz CT molecular complexity index is 188. The van der Waals surface area contributed by atoms with E-state index in [-0.39, 0.29) is 19.5 Å². The molecule has 0 nitrogen and oxygen atoms in total. The second-order valence-electron chi connectivity index (χ2n) is 3.91. The van der Waals surface area contributed by atoms with Gasteiger partial charge in [-0.05, 0) is 6.42 Å². The SMILES string of the molecule is C=C([CH2-])C.C=C([CH2-])C.[C-]1=CCCC=CCC1.[Ru+3]. The van der Waals surface area contributed by atoms with Gasteiger partial charge in [-0.1, -0.05) is 38.8 Å². The molecule has 0 amide bonds. The van der Waals surface area contributed by atoms with Gasteiger partial charge in [0, 0.05) is 0 Å². The predicted molar refractivity (Wildman–Crippen MR) is 75.8 cm³/mol. The smallest absolute Gasteiger partial charge is 0.500 e. The van der Waals surface area contributed by atoms with Crippen molar-refractivity contribution in [3.8, 4) is 0 Å². The van der Waals surface area contributed by atoms with Gasteiger partial charge in [-0.15, -0.1) is 0 Å². The molecule has 0 saturated carbocycles. The minimum atomic E-state index is 0. The van der Waals surface area contributed by atoms with Crippen LogP contribution in [0, 0.1) is 19.9 Å². The van der Waals surface area contributed by atoms with Crippen molar-refractivity contribution >= 4 is 0 Å². The van der Waals surface area contributed by atoms with E-state index in [1.807, 2.05) is 13.8 Å². The fourth-order valence-electron chi connectivity index (χ4n) is 0.786. The van der Waals surface area contributed by atoms with Crippen LogP contribution in [0.15, 0.2) is 42.5 Å². The van der Waals surface area contributed by atoms with Crippen molar-refractivity contribution in [1.82, 2.24) is 0 Å². The molecule has 1 aliphatic rings.